The van der Waals surface area contributed by atoms with Gasteiger partial charge in [-0.3, -0.25) is 9.69 Å². The molecule has 0 radical (unpaired) electrons. The van der Waals surface area contributed by atoms with Crippen molar-refractivity contribution in [2.24, 2.45) is 0 Å². The number of anilines is 1. The molecule has 0 aliphatic carbocycles. The Bertz CT molecular complexity index is 844. The Balaban J connectivity index is 2.02. The van der Waals surface area contributed by atoms with Gasteiger partial charge >= 0.3 is 0 Å². The molecule has 0 atom stereocenters. The van der Waals surface area contributed by atoms with Gasteiger partial charge in [0.1, 0.15) is 17.3 Å². The first-order chi connectivity index (χ1) is 11.5. The first kappa shape index (κ1) is 16.3. The third-order valence-corrected chi connectivity index (χ3v) is 4.06. The number of rotatable bonds is 3. The lowest BCUT2D eigenvalue weighted by Crippen LogP contribution is -2.31. The zero-order valence-corrected chi connectivity index (χ0v) is 13.7. The monoisotopic (exact) mass is 344 g/mol. The number of benzene rings is 2. The van der Waals surface area contributed by atoms with Crippen molar-refractivity contribution >= 4 is 35.0 Å². The molecule has 0 bridgehead atoms. The molecule has 1 heterocycles. The number of carbonyl (C=O) groups excluding carboxylic acids is 1. The van der Waals surface area contributed by atoms with Gasteiger partial charge in [-0.05, 0) is 48.5 Å². The molecule has 2 aromatic carbocycles. The summed E-state index contributed by atoms with van der Waals surface area (Å²) in [6.45, 7) is 1.97. The molecule has 122 valence electrons. The van der Waals surface area contributed by atoms with Crippen LogP contribution in [0.3, 0.4) is 0 Å². The van der Waals surface area contributed by atoms with E-state index in [2.05, 4.69) is 5.32 Å². The maximum absolute atomic E-state index is 13.8. The highest BCUT2D eigenvalue weighted by Crippen LogP contribution is 2.27. The largest absolute Gasteiger partial charge is 0.327 e. The predicted octanol–water partition coefficient (Wildman–Crippen LogP) is 3.79. The predicted molar refractivity (Wildman–Crippen MR) is 93.4 cm³/mol. The first-order valence-corrected chi connectivity index (χ1v) is 7.82. The second kappa shape index (κ2) is 6.49. The Morgan fingerprint density at radius 2 is 1.79 bits per heavy atom. The Morgan fingerprint density at radius 3 is 2.46 bits per heavy atom. The Morgan fingerprint density at radius 1 is 1.12 bits per heavy atom. The molecule has 3 rings (SSSR count). The van der Waals surface area contributed by atoms with Gasteiger partial charge in [-0.1, -0.05) is 31.2 Å². The van der Waals surface area contributed by atoms with Crippen molar-refractivity contribution in [3.05, 3.63) is 70.9 Å². The Kier molecular flexibility index (Phi) is 4.40. The normalized spacial score (nSPS) is 16.0. The highest BCUT2D eigenvalue weighted by Gasteiger charge is 2.33. The minimum absolute atomic E-state index is 0.0370. The molecule has 0 aromatic heterocycles. The van der Waals surface area contributed by atoms with Crippen LogP contribution in [0, 0.1) is 11.6 Å². The number of halogens is 2. The molecule has 1 aliphatic rings. The van der Waals surface area contributed by atoms with E-state index in [1.165, 1.54) is 11.0 Å². The zero-order valence-electron chi connectivity index (χ0n) is 12.8. The second-order valence-corrected chi connectivity index (χ2v) is 5.63. The smallest absolute Gasteiger partial charge is 0.281 e. The summed E-state index contributed by atoms with van der Waals surface area (Å²) in [4.78, 5) is 14.0. The van der Waals surface area contributed by atoms with Crippen molar-refractivity contribution in [1.29, 1.82) is 0 Å². The molecular weight excluding hydrogens is 330 g/mol. The molecule has 0 unspecified atom stereocenters. The lowest BCUT2D eigenvalue weighted by molar-refractivity contribution is -0.113. The first-order valence-electron chi connectivity index (χ1n) is 7.42. The lowest BCUT2D eigenvalue weighted by atomic mass is 10.1. The van der Waals surface area contributed by atoms with Crippen molar-refractivity contribution in [2.45, 2.75) is 13.3 Å². The van der Waals surface area contributed by atoms with Gasteiger partial charge in [0.15, 0.2) is 5.11 Å². The van der Waals surface area contributed by atoms with E-state index in [-0.39, 0.29) is 16.4 Å². The molecule has 1 amide bonds. The Hall–Kier alpha value is -2.60. The molecule has 1 saturated heterocycles. The van der Waals surface area contributed by atoms with Crippen molar-refractivity contribution in [2.75, 3.05) is 4.90 Å². The molecule has 3 nitrogen and oxygen atoms in total. The van der Waals surface area contributed by atoms with Gasteiger partial charge in [-0.15, -0.1) is 0 Å². The minimum atomic E-state index is -0.740. The molecule has 1 N–H and O–H groups in total. The van der Waals surface area contributed by atoms with Crippen LogP contribution in [0.25, 0.3) is 6.08 Å². The summed E-state index contributed by atoms with van der Waals surface area (Å²) in [7, 11) is 0. The van der Waals surface area contributed by atoms with E-state index >= 15 is 0 Å². The van der Waals surface area contributed by atoms with Crippen LogP contribution in [0.4, 0.5) is 14.5 Å². The van der Waals surface area contributed by atoms with Crippen LogP contribution in [0.15, 0.2) is 48.2 Å². The summed E-state index contributed by atoms with van der Waals surface area (Å²) in [5.74, 6) is -1.92. The van der Waals surface area contributed by atoms with Crippen molar-refractivity contribution in [3.63, 3.8) is 0 Å². The molecule has 0 saturated carbocycles. The van der Waals surface area contributed by atoms with Crippen LogP contribution in [-0.4, -0.2) is 11.0 Å². The fourth-order valence-electron chi connectivity index (χ4n) is 2.57. The third-order valence-electron chi connectivity index (χ3n) is 3.78. The number of para-hydroxylation sites is 1. The summed E-state index contributed by atoms with van der Waals surface area (Å²) in [5, 5.41) is 2.93. The van der Waals surface area contributed by atoms with Crippen molar-refractivity contribution < 1.29 is 13.6 Å². The molecule has 2 aromatic rings. The minimum Gasteiger partial charge on any atom is -0.327 e. The molecule has 6 heteroatoms. The van der Waals surface area contributed by atoms with Gasteiger partial charge in [0, 0.05) is 5.56 Å². The number of thiocarbonyl (C=S) groups is 1. The van der Waals surface area contributed by atoms with E-state index in [4.69, 9.17) is 12.2 Å². The number of nitrogens with zero attached hydrogens (tertiary/aromatic N) is 1. The quantitative estimate of drug-likeness (QED) is 0.679. The zero-order chi connectivity index (χ0) is 17.3. The van der Waals surface area contributed by atoms with Gasteiger partial charge in [-0.2, -0.15) is 0 Å². The van der Waals surface area contributed by atoms with E-state index in [0.29, 0.717) is 5.69 Å². The SMILES string of the molecule is CCc1ccccc1N1C(=O)/C(=C\c2c(F)cccc2F)NC1=S. The standard InChI is InChI=1S/C18H14F2N2OS/c1-2-11-6-3-4-9-16(11)22-17(23)15(21-18(22)24)10-12-13(19)7-5-8-14(12)20/h3-10H,2H2,1H3,(H,21,24)/b15-10+. The van der Waals surface area contributed by atoms with Crippen LogP contribution >= 0.6 is 12.2 Å². The molecule has 0 spiro atoms. The summed E-state index contributed by atoms with van der Waals surface area (Å²) in [6.07, 6.45) is 1.87. The van der Waals surface area contributed by atoms with E-state index in [1.807, 2.05) is 25.1 Å². The number of hydrogen-bond donors (Lipinski definition) is 1. The lowest BCUT2D eigenvalue weighted by Gasteiger charge is -2.17. The van der Waals surface area contributed by atoms with Gasteiger partial charge in [-0.25, -0.2) is 8.78 Å². The number of amides is 1. The molecule has 1 aliphatic heterocycles. The third kappa shape index (κ3) is 2.80. The van der Waals surface area contributed by atoms with E-state index in [9.17, 15) is 13.6 Å². The van der Waals surface area contributed by atoms with Crippen LogP contribution < -0.4 is 10.2 Å². The van der Waals surface area contributed by atoms with E-state index in [1.54, 1.807) is 6.07 Å². The van der Waals surface area contributed by atoms with Crippen molar-refractivity contribution in [1.82, 2.24) is 5.32 Å². The average Bonchev–Trinajstić information content (AvgIpc) is 2.85. The van der Waals surface area contributed by atoms with Gasteiger partial charge in [0.2, 0.25) is 0 Å². The van der Waals surface area contributed by atoms with Crippen molar-refractivity contribution in [3.8, 4) is 0 Å². The fourth-order valence-corrected chi connectivity index (χ4v) is 2.87. The fraction of sp³-hybridized carbons (Fsp3) is 0.111. The van der Waals surface area contributed by atoms with Crippen LogP contribution in [0.5, 0.6) is 0 Å². The highest BCUT2D eigenvalue weighted by atomic mass is 32.1. The maximum Gasteiger partial charge on any atom is 0.281 e. The highest BCUT2D eigenvalue weighted by molar-refractivity contribution is 7.80. The van der Waals surface area contributed by atoms with E-state index < -0.39 is 17.5 Å². The number of nitrogens with one attached hydrogen (secondary N) is 1. The molecular formula is C18H14F2N2OS. The summed E-state index contributed by atoms with van der Waals surface area (Å²) in [6, 6.07) is 10.9. The van der Waals surface area contributed by atoms with Gasteiger partial charge in [0.25, 0.3) is 5.91 Å². The maximum atomic E-state index is 13.8. The molecule has 1 fully saturated rings. The van der Waals surface area contributed by atoms with Gasteiger partial charge < -0.3 is 5.32 Å². The van der Waals surface area contributed by atoms with Gasteiger partial charge in [0.05, 0.1) is 5.69 Å². The topological polar surface area (TPSA) is 32.3 Å². The molecule has 24 heavy (non-hydrogen) atoms. The average molecular weight is 344 g/mol. The summed E-state index contributed by atoms with van der Waals surface area (Å²) < 4.78 is 27.6. The number of hydrogen-bond acceptors (Lipinski definition) is 2. The second-order valence-electron chi connectivity index (χ2n) is 5.25. The van der Waals surface area contributed by atoms with E-state index in [0.717, 1.165) is 30.2 Å². The summed E-state index contributed by atoms with van der Waals surface area (Å²) >= 11 is 5.23. The van der Waals surface area contributed by atoms with Crippen LogP contribution in [-0.2, 0) is 11.2 Å². The van der Waals surface area contributed by atoms with Crippen LogP contribution in [0.1, 0.15) is 18.1 Å². The number of carbonyl (C=O) groups is 1. The number of aryl methyl sites for hydroxylation is 1. The Labute approximate surface area is 143 Å². The summed E-state index contributed by atoms with van der Waals surface area (Å²) in [5.41, 5.74) is 1.38. The van der Waals surface area contributed by atoms with Crippen LogP contribution in [0.2, 0.25) is 0 Å².